The zero-order valence-electron chi connectivity index (χ0n) is 14.8. The highest BCUT2D eigenvalue weighted by Gasteiger charge is 2.29. The number of aliphatic hydroxyl groups excluding tert-OH is 1. The first-order valence-corrected chi connectivity index (χ1v) is 8.42. The summed E-state index contributed by atoms with van der Waals surface area (Å²) < 4.78 is 5.84. The summed E-state index contributed by atoms with van der Waals surface area (Å²) >= 11 is 0. The Balaban J connectivity index is 2.53. The van der Waals surface area contributed by atoms with E-state index >= 15 is 0 Å². The van der Waals surface area contributed by atoms with Gasteiger partial charge in [0.2, 0.25) is 0 Å². The minimum absolute atomic E-state index is 0.0425. The maximum atomic E-state index is 9.55. The zero-order chi connectivity index (χ0) is 16.3. The number of aliphatic hydroxyl groups is 1. The summed E-state index contributed by atoms with van der Waals surface area (Å²) in [4.78, 5) is 2.50. The fourth-order valence-corrected chi connectivity index (χ4v) is 3.54. The summed E-state index contributed by atoms with van der Waals surface area (Å²) in [6.07, 6.45) is 3.27. The van der Waals surface area contributed by atoms with E-state index in [1.54, 1.807) is 7.11 Å². The number of likely N-dealkylation sites (tertiary alicyclic amines) is 1. The Morgan fingerprint density at radius 2 is 1.86 bits per heavy atom. The van der Waals surface area contributed by atoms with Gasteiger partial charge in [-0.3, -0.25) is 4.90 Å². The lowest BCUT2D eigenvalue weighted by atomic mass is 9.82. The van der Waals surface area contributed by atoms with E-state index in [-0.39, 0.29) is 18.1 Å². The van der Waals surface area contributed by atoms with Gasteiger partial charge in [-0.15, -0.1) is 0 Å². The fraction of sp³-hybridized carbons (Fsp3) is 0.684. The van der Waals surface area contributed by atoms with Gasteiger partial charge in [-0.1, -0.05) is 38.5 Å². The molecule has 0 bridgehead atoms. The minimum Gasteiger partial charge on any atom is -0.496 e. The number of benzene rings is 1. The molecule has 1 atom stereocenters. The Bertz CT molecular complexity index is 499. The van der Waals surface area contributed by atoms with Crippen molar-refractivity contribution in [2.24, 2.45) is 0 Å². The molecule has 1 N–H and O–H groups in total. The molecule has 0 aliphatic carbocycles. The molecule has 1 unspecified atom stereocenters. The second kappa shape index (κ2) is 7.01. The molecule has 0 amide bonds. The maximum absolute atomic E-state index is 9.55. The summed E-state index contributed by atoms with van der Waals surface area (Å²) in [5.74, 6) is 1.00. The molecule has 3 heteroatoms. The largest absolute Gasteiger partial charge is 0.496 e. The van der Waals surface area contributed by atoms with Crippen molar-refractivity contribution in [2.75, 3.05) is 26.8 Å². The normalized spacial score (nSPS) is 17.7. The number of ether oxygens (including phenoxy) is 1. The van der Waals surface area contributed by atoms with Gasteiger partial charge in [0.1, 0.15) is 5.75 Å². The SMILES string of the molecule is COc1c(C(CCO)N2CCCC2)cc(C)cc1C(C)(C)C. The van der Waals surface area contributed by atoms with Crippen molar-refractivity contribution in [3.05, 3.63) is 28.8 Å². The van der Waals surface area contributed by atoms with Crippen LogP contribution in [-0.4, -0.2) is 36.8 Å². The van der Waals surface area contributed by atoms with E-state index in [1.165, 1.54) is 29.5 Å². The quantitative estimate of drug-likeness (QED) is 0.897. The van der Waals surface area contributed by atoms with Crippen LogP contribution >= 0.6 is 0 Å². The van der Waals surface area contributed by atoms with Gasteiger partial charge < -0.3 is 9.84 Å². The predicted octanol–water partition coefficient (Wildman–Crippen LogP) is 3.82. The fourth-order valence-electron chi connectivity index (χ4n) is 3.54. The third-order valence-electron chi connectivity index (χ3n) is 4.62. The zero-order valence-corrected chi connectivity index (χ0v) is 14.8. The average Bonchev–Trinajstić information content (AvgIpc) is 2.96. The summed E-state index contributed by atoms with van der Waals surface area (Å²) in [5.41, 5.74) is 3.80. The van der Waals surface area contributed by atoms with Crippen LogP contribution < -0.4 is 4.74 Å². The van der Waals surface area contributed by atoms with Gasteiger partial charge in [0.25, 0.3) is 0 Å². The van der Waals surface area contributed by atoms with Crippen LogP contribution in [0.4, 0.5) is 0 Å². The first-order valence-electron chi connectivity index (χ1n) is 8.42. The molecular weight excluding hydrogens is 274 g/mol. The van der Waals surface area contributed by atoms with Crippen molar-refractivity contribution < 1.29 is 9.84 Å². The van der Waals surface area contributed by atoms with Crippen LogP contribution in [0, 0.1) is 6.92 Å². The number of rotatable bonds is 5. The van der Waals surface area contributed by atoms with Crippen molar-refractivity contribution in [3.63, 3.8) is 0 Å². The molecule has 0 aromatic heterocycles. The van der Waals surface area contributed by atoms with Gasteiger partial charge in [-0.2, -0.15) is 0 Å². The van der Waals surface area contributed by atoms with Crippen LogP contribution in [0.2, 0.25) is 0 Å². The van der Waals surface area contributed by atoms with E-state index < -0.39 is 0 Å². The Morgan fingerprint density at radius 3 is 2.36 bits per heavy atom. The lowest BCUT2D eigenvalue weighted by molar-refractivity contribution is 0.182. The number of nitrogens with zero attached hydrogens (tertiary/aromatic N) is 1. The molecule has 3 nitrogen and oxygen atoms in total. The van der Waals surface area contributed by atoms with Gasteiger partial charge in [0, 0.05) is 23.8 Å². The van der Waals surface area contributed by atoms with Crippen LogP contribution in [0.5, 0.6) is 5.75 Å². The van der Waals surface area contributed by atoms with Crippen LogP contribution in [0.15, 0.2) is 12.1 Å². The molecule has 0 spiro atoms. The van der Waals surface area contributed by atoms with Gasteiger partial charge in [0.05, 0.1) is 7.11 Å². The van der Waals surface area contributed by atoms with Crippen LogP contribution in [0.25, 0.3) is 0 Å². The minimum atomic E-state index is 0.0425. The molecule has 1 heterocycles. The summed E-state index contributed by atoms with van der Waals surface area (Å²) in [6, 6.07) is 4.73. The second-order valence-electron chi connectivity index (χ2n) is 7.46. The standard InChI is InChI=1S/C19H31NO2/c1-14-12-15(17(8-11-21)20-9-6-7-10-20)18(22-5)16(13-14)19(2,3)4/h12-13,17,21H,6-11H2,1-5H3. The van der Waals surface area contributed by atoms with Gasteiger partial charge in [-0.05, 0) is 44.7 Å². The van der Waals surface area contributed by atoms with E-state index in [0.29, 0.717) is 0 Å². The molecule has 124 valence electrons. The smallest absolute Gasteiger partial charge is 0.127 e. The molecule has 1 aromatic carbocycles. The monoisotopic (exact) mass is 305 g/mol. The number of methoxy groups -OCH3 is 1. The Labute approximate surface area is 135 Å². The van der Waals surface area contributed by atoms with Crippen LogP contribution in [0.3, 0.4) is 0 Å². The topological polar surface area (TPSA) is 32.7 Å². The Hall–Kier alpha value is -1.06. The molecule has 0 radical (unpaired) electrons. The predicted molar refractivity (Wildman–Crippen MR) is 91.7 cm³/mol. The van der Waals surface area contributed by atoms with E-state index in [4.69, 9.17) is 4.74 Å². The lowest BCUT2D eigenvalue weighted by Gasteiger charge is -2.32. The molecule has 22 heavy (non-hydrogen) atoms. The molecule has 1 aliphatic rings. The number of hydrogen-bond acceptors (Lipinski definition) is 3. The van der Waals surface area contributed by atoms with E-state index in [9.17, 15) is 5.11 Å². The van der Waals surface area contributed by atoms with Crippen molar-refractivity contribution in [1.82, 2.24) is 4.90 Å². The second-order valence-corrected chi connectivity index (χ2v) is 7.46. The van der Waals surface area contributed by atoms with Crippen LogP contribution in [0.1, 0.15) is 62.8 Å². The summed E-state index contributed by atoms with van der Waals surface area (Å²) in [6.45, 7) is 11.3. The third-order valence-corrected chi connectivity index (χ3v) is 4.62. The molecule has 1 aromatic rings. The average molecular weight is 305 g/mol. The third kappa shape index (κ3) is 3.64. The van der Waals surface area contributed by atoms with Crippen molar-refractivity contribution in [2.45, 2.75) is 58.4 Å². The van der Waals surface area contributed by atoms with Gasteiger partial charge in [-0.25, -0.2) is 0 Å². The Morgan fingerprint density at radius 1 is 1.23 bits per heavy atom. The van der Waals surface area contributed by atoms with Crippen LogP contribution in [-0.2, 0) is 5.41 Å². The van der Waals surface area contributed by atoms with Crippen molar-refractivity contribution >= 4 is 0 Å². The Kier molecular flexibility index (Phi) is 5.51. The molecular formula is C19H31NO2. The molecule has 1 fully saturated rings. The van der Waals surface area contributed by atoms with E-state index in [0.717, 1.165) is 25.3 Å². The van der Waals surface area contributed by atoms with E-state index in [2.05, 4.69) is 44.7 Å². The first-order chi connectivity index (χ1) is 10.4. The van der Waals surface area contributed by atoms with Crippen molar-refractivity contribution in [3.8, 4) is 5.75 Å². The summed E-state index contributed by atoms with van der Waals surface area (Å²) in [5, 5.41) is 9.55. The van der Waals surface area contributed by atoms with Gasteiger partial charge in [0.15, 0.2) is 0 Å². The van der Waals surface area contributed by atoms with Crippen molar-refractivity contribution in [1.29, 1.82) is 0 Å². The molecule has 1 aliphatic heterocycles. The first kappa shape index (κ1) is 17.3. The van der Waals surface area contributed by atoms with E-state index in [1.807, 2.05) is 0 Å². The lowest BCUT2D eigenvalue weighted by Crippen LogP contribution is -2.27. The van der Waals surface area contributed by atoms with Gasteiger partial charge >= 0.3 is 0 Å². The highest BCUT2D eigenvalue weighted by Crippen LogP contribution is 2.41. The summed E-state index contributed by atoms with van der Waals surface area (Å²) in [7, 11) is 1.77. The highest BCUT2D eigenvalue weighted by molar-refractivity contribution is 5.49. The maximum Gasteiger partial charge on any atom is 0.127 e. The molecule has 1 saturated heterocycles. The number of aryl methyl sites for hydroxylation is 1. The molecule has 0 saturated carbocycles. The highest BCUT2D eigenvalue weighted by atomic mass is 16.5. The number of hydrogen-bond donors (Lipinski definition) is 1. The molecule has 2 rings (SSSR count).